The largest absolute Gasteiger partial charge is 0.494 e. The summed E-state index contributed by atoms with van der Waals surface area (Å²) in [6.45, 7) is 4.52. The summed E-state index contributed by atoms with van der Waals surface area (Å²) >= 11 is 0. The lowest BCUT2D eigenvalue weighted by Crippen LogP contribution is -2.25. The van der Waals surface area contributed by atoms with E-state index < -0.39 is 0 Å². The summed E-state index contributed by atoms with van der Waals surface area (Å²) < 4.78 is 5.40. The molecule has 0 spiro atoms. The van der Waals surface area contributed by atoms with Crippen LogP contribution in [0.25, 0.3) is 0 Å². The molecule has 3 rings (SSSR count). The lowest BCUT2D eigenvalue weighted by Gasteiger charge is -2.21. The topological polar surface area (TPSA) is 67.3 Å². The fraction of sp³-hybridized carbons (Fsp3) is 0.421. The predicted octanol–water partition coefficient (Wildman–Crippen LogP) is 3.51. The molecule has 6 heteroatoms. The van der Waals surface area contributed by atoms with Gasteiger partial charge in [-0.15, -0.1) is 0 Å². The first-order valence-electron chi connectivity index (χ1n) is 8.87. The second-order valence-electron chi connectivity index (χ2n) is 6.07. The highest BCUT2D eigenvalue weighted by Crippen LogP contribution is 2.19. The highest BCUT2D eigenvalue weighted by Gasteiger charge is 2.14. The first-order chi connectivity index (χ1) is 12.3. The number of ether oxygens (including phenoxy) is 1. The number of carbonyl (C=O) groups excluding carboxylic acids is 1. The zero-order chi connectivity index (χ0) is 17.5. The van der Waals surface area contributed by atoms with Gasteiger partial charge in [0.05, 0.1) is 6.61 Å². The van der Waals surface area contributed by atoms with Crippen molar-refractivity contribution in [3.8, 4) is 5.75 Å². The molecule has 0 radical (unpaired) electrons. The average Bonchev–Trinajstić information content (AvgIpc) is 2.93. The van der Waals surface area contributed by atoms with Gasteiger partial charge >= 0.3 is 0 Å². The molecule has 1 saturated heterocycles. The third kappa shape index (κ3) is 4.68. The fourth-order valence-electron chi connectivity index (χ4n) is 2.94. The van der Waals surface area contributed by atoms with E-state index in [9.17, 15) is 4.79 Å². The van der Waals surface area contributed by atoms with Gasteiger partial charge in [0.2, 0.25) is 0 Å². The van der Waals surface area contributed by atoms with Gasteiger partial charge in [-0.2, -0.15) is 0 Å². The van der Waals surface area contributed by atoms with Gasteiger partial charge < -0.3 is 15.0 Å². The third-order valence-electron chi connectivity index (χ3n) is 4.24. The number of nitrogens with zero attached hydrogens (tertiary/aromatic N) is 3. The van der Waals surface area contributed by atoms with E-state index in [2.05, 4.69) is 20.2 Å². The van der Waals surface area contributed by atoms with Crippen molar-refractivity contribution in [2.24, 2.45) is 0 Å². The molecular formula is C19H24N4O2. The van der Waals surface area contributed by atoms with E-state index in [1.165, 1.54) is 19.2 Å². The molecule has 0 unspecified atom stereocenters. The zero-order valence-electron chi connectivity index (χ0n) is 14.6. The Kier molecular flexibility index (Phi) is 5.82. The first-order valence-corrected chi connectivity index (χ1v) is 8.87. The van der Waals surface area contributed by atoms with Gasteiger partial charge in [0.25, 0.3) is 5.91 Å². The molecule has 1 aromatic heterocycles. The maximum atomic E-state index is 12.5. The molecule has 1 aromatic carbocycles. The second-order valence-corrected chi connectivity index (χ2v) is 6.07. The minimum absolute atomic E-state index is 0.234. The normalized spacial score (nSPS) is 14.7. The Bertz CT molecular complexity index is 695. The van der Waals surface area contributed by atoms with Gasteiger partial charge in [-0.25, -0.2) is 9.97 Å². The summed E-state index contributed by atoms with van der Waals surface area (Å²) in [5.74, 6) is 1.38. The number of hydrogen-bond acceptors (Lipinski definition) is 5. The Morgan fingerprint density at radius 1 is 1.12 bits per heavy atom. The number of nitrogens with one attached hydrogen (secondary N) is 1. The van der Waals surface area contributed by atoms with Crippen molar-refractivity contribution < 1.29 is 9.53 Å². The molecule has 132 valence electrons. The van der Waals surface area contributed by atoms with Crippen LogP contribution < -0.4 is 15.0 Å². The summed E-state index contributed by atoms with van der Waals surface area (Å²) in [7, 11) is 0. The Balaban J connectivity index is 1.68. The quantitative estimate of drug-likeness (QED) is 0.902. The molecule has 1 amide bonds. The van der Waals surface area contributed by atoms with Crippen molar-refractivity contribution in [3.63, 3.8) is 0 Å². The van der Waals surface area contributed by atoms with Crippen molar-refractivity contribution in [3.05, 3.63) is 42.4 Å². The van der Waals surface area contributed by atoms with Gasteiger partial charge in [-0.3, -0.25) is 4.79 Å². The van der Waals surface area contributed by atoms with Crippen LogP contribution in [0, 0.1) is 0 Å². The van der Waals surface area contributed by atoms with E-state index in [-0.39, 0.29) is 5.91 Å². The number of aromatic nitrogens is 2. The van der Waals surface area contributed by atoms with Crippen LogP contribution in [0.1, 0.15) is 43.1 Å². The van der Waals surface area contributed by atoms with Crippen molar-refractivity contribution in [1.82, 2.24) is 9.97 Å². The van der Waals surface area contributed by atoms with Crippen LogP contribution in [0.4, 0.5) is 11.5 Å². The standard InChI is InChI=1S/C19H24N4O2/c1-2-25-16-9-7-15(8-10-16)22-19(24)17-13-18(21-14-20-17)23-11-5-3-4-6-12-23/h7-10,13-14H,2-6,11-12H2,1H3,(H,22,24). The van der Waals surface area contributed by atoms with Crippen LogP contribution >= 0.6 is 0 Å². The number of hydrogen-bond donors (Lipinski definition) is 1. The van der Waals surface area contributed by atoms with Crippen LogP contribution in [0.3, 0.4) is 0 Å². The molecule has 25 heavy (non-hydrogen) atoms. The fourth-order valence-corrected chi connectivity index (χ4v) is 2.94. The van der Waals surface area contributed by atoms with E-state index in [1.807, 2.05) is 31.2 Å². The first kappa shape index (κ1) is 17.2. The monoisotopic (exact) mass is 340 g/mol. The van der Waals surface area contributed by atoms with Gasteiger partial charge in [-0.05, 0) is 44.0 Å². The summed E-state index contributed by atoms with van der Waals surface area (Å²) in [4.78, 5) is 23.2. The van der Waals surface area contributed by atoms with Crippen LogP contribution in [0.5, 0.6) is 5.75 Å². The number of benzene rings is 1. The molecule has 0 bridgehead atoms. The van der Waals surface area contributed by atoms with Crippen LogP contribution in [-0.2, 0) is 0 Å². The number of carbonyl (C=O) groups is 1. The van der Waals surface area contributed by atoms with E-state index in [0.29, 0.717) is 18.0 Å². The van der Waals surface area contributed by atoms with Crippen molar-refractivity contribution in [2.75, 3.05) is 29.9 Å². The summed E-state index contributed by atoms with van der Waals surface area (Å²) in [6, 6.07) is 9.08. The second kappa shape index (κ2) is 8.46. The molecule has 1 N–H and O–H groups in total. The van der Waals surface area contributed by atoms with Gasteiger partial charge in [-0.1, -0.05) is 12.8 Å². The Hall–Kier alpha value is -2.63. The zero-order valence-corrected chi connectivity index (χ0v) is 14.6. The molecule has 0 aliphatic carbocycles. The highest BCUT2D eigenvalue weighted by molar-refractivity contribution is 6.03. The van der Waals surface area contributed by atoms with Gasteiger partial charge in [0.1, 0.15) is 23.6 Å². The number of amides is 1. The van der Waals surface area contributed by atoms with E-state index >= 15 is 0 Å². The highest BCUT2D eigenvalue weighted by atomic mass is 16.5. The Morgan fingerprint density at radius 2 is 1.84 bits per heavy atom. The minimum Gasteiger partial charge on any atom is -0.494 e. The maximum absolute atomic E-state index is 12.5. The summed E-state index contributed by atoms with van der Waals surface area (Å²) in [5, 5.41) is 2.87. The minimum atomic E-state index is -0.234. The van der Waals surface area contributed by atoms with Gasteiger partial charge in [0.15, 0.2) is 0 Å². The van der Waals surface area contributed by atoms with E-state index in [0.717, 1.165) is 37.5 Å². The SMILES string of the molecule is CCOc1ccc(NC(=O)c2cc(N3CCCCCC3)ncn2)cc1. The molecule has 1 fully saturated rings. The van der Waals surface area contributed by atoms with Crippen LogP contribution in [-0.4, -0.2) is 35.6 Å². The summed E-state index contributed by atoms with van der Waals surface area (Å²) in [6.07, 6.45) is 6.31. The molecule has 0 atom stereocenters. The lowest BCUT2D eigenvalue weighted by molar-refractivity contribution is 0.102. The van der Waals surface area contributed by atoms with Gasteiger partial charge in [0, 0.05) is 24.8 Å². The number of rotatable bonds is 5. The molecule has 6 nitrogen and oxygen atoms in total. The Labute approximate surface area is 148 Å². The molecule has 0 saturated carbocycles. The molecule has 1 aliphatic rings. The van der Waals surface area contributed by atoms with Crippen LogP contribution in [0.2, 0.25) is 0 Å². The smallest absolute Gasteiger partial charge is 0.274 e. The Morgan fingerprint density at radius 3 is 2.52 bits per heavy atom. The van der Waals surface area contributed by atoms with Crippen molar-refractivity contribution in [2.45, 2.75) is 32.6 Å². The lowest BCUT2D eigenvalue weighted by atomic mass is 10.2. The summed E-state index contributed by atoms with van der Waals surface area (Å²) in [5.41, 5.74) is 1.09. The molecule has 2 heterocycles. The van der Waals surface area contributed by atoms with Crippen LogP contribution in [0.15, 0.2) is 36.7 Å². The number of anilines is 2. The van der Waals surface area contributed by atoms with Crippen molar-refractivity contribution >= 4 is 17.4 Å². The van der Waals surface area contributed by atoms with Crippen molar-refractivity contribution in [1.29, 1.82) is 0 Å². The molecule has 2 aromatic rings. The predicted molar refractivity (Wildman–Crippen MR) is 98.3 cm³/mol. The van der Waals surface area contributed by atoms with E-state index in [1.54, 1.807) is 6.07 Å². The third-order valence-corrected chi connectivity index (χ3v) is 4.24. The molecular weight excluding hydrogens is 316 g/mol. The molecule has 1 aliphatic heterocycles. The average molecular weight is 340 g/mol. The maximum Gasteiger partial charge on any atom is 0.274 e. The van der Waals surface area contributed by atoms with E-state index in [4.69, 9.17) is 4.74 Å².